The SMILES string of the molecule is Cc1ccc(Cl)c(OCc2ccc(C(=O)Nc3ccn(Cc4ccccc4C)n3)cc2)c1. The molecule has 0 unspecified atom stereocenters. The lowest BCUT2D eigenvalue weighted by Crippen LogP contribution is -2.13. The molecule has 1 aromatic heterocycles. The molecule has 1 amide bonds. The van der Waals surface area contributed by atoms with Crippen molar-refractivity contribution in [2.45, 2.75) is 27.0 Å². The van der Waals surface area contributed by atoms with Gasteiger partial charge in [-0.15, -0.1) is 0 Å². The van der Waals surface area contributed by atoms with E-state index in [4.69, 9.17) is 16.3 Å². The molecule has 32 heavy (non-hydrogen) atoms. The molecule has 1 heterocycles. The molecule has 1 N–H and O–H groups in total. The maximum Gasteiger partial charge on any atom is 0.256 e. The molecular formula is C26H24ClN3O2. The Morgan fingerprint density at radius 3 is 2.59 bits per heavy atom. The molecule has 0 atom stereocenters. The van der Waals surface area contributed by atoms with Crippen LogP contribution in [0.5, 0.6) is 5.75 Å². The molecule has 4 aromatic rings. The van der Waals surface area contributed by atoms with Crippen molar-refractivity contribution in [3.8, 4) is 5.75 Å². The van der Waals surface area contributed by atoms with Gasteiger partial charge < -0.3 is 10.1 Å². The van der Waals surface area contributed by atoms with Crippen molar-refractivity contribution in [1.82, 2.24) is 9.78 Å². The molecule has 0 radical (unpaired) electrons. The van der Waals surface area contributed by atoms with Crippen LogP contribution >= 0.6 is 11.6 Å². The summed E-state index contributed by atoms with van der Waals surface area (Å²) >= 11 is 6.18. The summed E-state index contributed by atoms with van der Waals surface area (Å²) in [5, 5.41) is 7.89. The van der Waals surface area contributed by atoms with Crippen molar-refractivity contribution in [3.05, 3.63) is 112 Å². The van der Waals surface area contributed by atoms with Crippen molar-refractivity contribution in [2.75, 3.05) is 5.32 Å². The fourth-order valence-electron chi connectivity index (χ4n) is 3.30. The number of nitrogens with zero attached hydrogens (tertiary/aromatic N) is 2. The number of hydrogen-bond acceptors (Lipinski definition) is 3. The highest BCUT2D eigenvalue weighted by atomic mass is 35.5. The minimum absolute atomic E-state index is 0.208. The first-order valence-electron chi connectivity index (χ1n) is 10.3. The Hall–Kier alpha value is -3.57. The van der Waals surface area contributed by atoms with E-state index in [-0.39, 0.29) is 5.91 Å². The molecule has 0 saturated carbocycles. The minimum atomic E-state index is -0.208. The van der Waals surface area contributed by atoms with E-state index in [0.29, 0.717) is 35.3 Å². The van der Waals surface area contributed by atoms with E-state index in [1.54, 1.807) is 18.2 Å². The number of aromatic nitrogens is 2. The molecule has 0 aliphatic carbocycles. The Bertz CT molecular complexity index is 1230. The molecule has 3 aromatic carbocycles. The van der Waals surface area contributed by atoms with Gasteiger partial charge in [-0.2, -0.15) is 5.10 Å². The number of carbonyl (C=O) groups excluding carboxylic acids is 1. The predicted octanol–water partition coefficient (Wildman–Crippen LogP) is 6.03. The van der Waals surface area contributed by atoms with Crippen molar-refractivity contribution in [3.63, 3.8) is 0 Å². The van der Waals surface area contributed by atoms with Gasteiger partial charge in [-0.25, -0.2) is 0 Å². The van der Waals surface area contributed by atoms with Crippen molar-refractivity contribution in [1.29, 1.82) is 0 Å². The smallest absolute Gasteiger partial charge is 0.256 e. The van der Waals surface area contributed by atoms with E-state index >= 15 is 0 Å². The van der Waals surface area contributed by atoms with Crippen molar-refractivity contribution >= 4 is 23.3 Å². The van der Waals surface area contributed by atoms with Gasteiger partial charge in [0.15, 0.2) is 5.82 Å². The maximum absolute atomic E-state index is 12.6. The third-order valence-electron chi connectivity index (χ3n) is 5.17. The molecule has 0 aliphatic rings. The molecule has 5 nitrogen and oxygen atoms in total. The average Bonchev–Trinajstić information content (AvgIpc) is 3.23. The Morgan fingerprint density at radius 1 is 1.03 bits per heavy atom. The molecule has 0 fully saturated rings. The van der Waals surface area contributed by atoms with E-state index < -0.39 is 0 Å². The van der Waals surface area contributed by atoms with Gasteiger partial charge in [0.1, 0.15) is 12.4 Å². The van der Waals surface area contributed by atoms with E-state index in [2.05, 4.69) is 29.5 Å². The van der Waals surface area contributed by atoms with Crippen LogP contribution in [0.15, 0.2) is 79.0 Å². The molecule has 4 rings (SSSR count). The summed E-state index contributed by atoms with van der Waals surface area (Å²) in [4.78, 5) is 12.6. The van der Waals surface area contributed by atoms with Crippen LogP contribution in [0, 0.1) is 13.8 Å². The third kappa shape index (κ3) is 5.37. The van der Waals surface area contributed by atoms with E-state index in [0.717, 1.165) is 11.1 Å². The summed E-state index contributed by atoms with van der Waals surface area (Å²) in [7, 11) is 0. The highest BCUT2D eigenvalue weighted by Crippen LogP contribution is 2.26. The monoisotopic (exact) mass is 445 g/mol. The molecule has 162 valence electrons. The van der Waals surface area contributed by atoms with Gasteiger partial charge in [0.25, 0.3) is 5.91 Å². The average molecular weight is 446 g/mol. The van der Waals surface area contributed by atoms with E-state index in [1.165, 1.54) is 11.1 Å². The first-order valence-corrected chi connectivity index (χ1v) is 10.7. The number of halogens is 1. The van der Waals surface area contributed by atoms with Gasteiger partial charge in [-0.1, -0.05) is 54.1 Å². The lowest BCUT2D eigenvalue weighted by Gasteiger charge is -2.09. The van der Waals surface area contributed by atoms with Crippen LogP contribution in [-0.4, -0.2) is 15.7 Å². The summed E-state index contributed by atoms with van der Waals surface area (Å²) in [6.07, 6.45) is 1.86. The Kier molecular flexibility index (Phi) is 6.57. The quantitative estimate of drug-likeness (QED) is 0.377. The summed E-state index contributed by atoms with van der Waals surface area (Å²) in [6, 6.07) is 22.9. The molecule has 6 heteroatoms. The van der Waals surface area contributed by atoms with E-state index in [1.807, 2.05) is 60.3 Å². The number of amides is 1. The van der Waals surface area contributed by atoms with Crippen LogP contribution in [0.1, 0.15) is 32.6 Å². The maximum atomic E-state index is 12.6. The second-order valence-electron chi connectivity index (χ2n) is 7.70. The number of benzene rings is 3. The Balaban J connectivity index is 1.34. The van der Waals surface area contributed by atoms with Crippen LogP contribution in [0.25, 0.3) is 0 Å². The van der Waals surface area contributed by atoms with Gasteiger partial charge in [0, 0.05) is 17.8 Å². The third-order valence-corrected chi connectivity index (χ3v) is 5.49. The van der Waals surface area contributed by atoms with Crippen molar-refractivity contribution < 1.29 is 9.53 Å². The van der Waals surface area contributed by atoms with Crippen LogP contribution in [0.3, 0.4) is 0 Å². The number of nitrogens with one attached hydrogen (secondary N) is 1. The number of ether oxygens (including phenoxy) is 1. The predicted molar refractivity (Wildman–Crippen MR) is 127 cm³/mol. The molecular weight excluding hydrogens is 422 g/mol. The van der Waals surface area contributed by atoms with Gasteiger partial charge in [0.2, 0.25) is 0 Å². The number of hydrogen-bond donors (Lipinski definition) is 1. The fourth-order valence-corrected chi connectivity index (χ4v) is 3.47. The van der Waals surface area contributed by atoms with Crippen LogP contribution in [-0.2, 0) is 13.2 Å². The van der Waals surface area contributed by atoms with Crippen LogP contribution in [0.4, 0.5) is 5.82 Å². The zero-order valence-electron chi connectivity index (χ0n) is 18.0. The Labute approximate surface area is 192 Å². The lowest BCUT2D eigenvalue weighted by atomic mass is 10.1. The normalized spacial score (nSPS) is 10.7. The highest BCUT2D eigenvalue weighted by Gasteiger charge is 2.09. The minimum Gasteiger partial charge on any atom is -0.487 e. The van der Waals surface area contributed by atoms with Gasteiger partial charge in [0.05, 0.1) is 11.6 Å². The van der Waals surface area contributed by atoms with Gasteiger partial charge >= 0.3 is 0 Å². The van der Waals surface area contributed by atoms with Crippen molar-refractivity contribution in [2.24, 2.45) is 0 Å². The second kappa shape index (κ2) is 9.71. The zero-order valence-corrected chi connectivity index (χ0v) is 18.8. The summed E-state index contributed by atoms with van der Waals surface area (Å²) in [5.41, 5.74) is 4.98. The first kappa shape index (κ1) is 21.7. The second-order valence-corrected chi connectivity index (χ2v) is 8.11. The number of rotatable bonds is 7. The fraction of sp³-hybridized carbons (Fsp3) is 0.154. The first-order chi connectivity index (χ1) is 15.5. The van der Waals surface area contributed by atoms with Crippen LogP contribution < -0.4 is 10.1 Å². The summed E-state index contributed by atoms with van der Waals surface area (Å²) in [5.74, 6) is 0.959. The number of aryl methyl sites for hydroxylation is 2. The molecule has 0 spiro atoms. The van der Waals surface area contributed by atoms with E-state index in [9.17, 15) is 4.79 Å². The topological polar surface area (TPSA) is 56.1 Å². The summed E-state index contributed by atoms with van der Waals surface area (Å²) < 4.78 is 7.63. The molecule has 0 bridgehead atoms. The zero-order chi connectivity index (χ0) is 22.5. The molecule has 0 aliphatic heterocycles. The standard InChI is InChI=1S/C26H24ClN3O2/c1-18-7-12-23(27)24(15-18)32-17-20-8-10-21(11-9-20)26(31)28-25-13-14-30(29-25)16-22-6-4-3-5-19(22)2/h3-15H,16-17H2,1-2H3,(H,28,29,31). The van der Waals surface area contributed by atoms with Crippen LogP contribution in [0.2, 0.25) is 5.02 Å². The van der Waals surface area contributed by atoms with Gasteiger partial charge in [-0.05, 0) is 60.4 Å². The lowest BCUT2D eigenvalue weighted by molar-refractivity contribution is 0.102. The highest BCUT2D eigenvalue weighted by molar-refractivity contribution is 6.32. The van der Waals surface area contributed by atoms with Gasteiger partial charge in [-0.3, -0.25) is 9.48 Å². The number of carbonyl (C=O) groups is 1. The summed E-state index contributed by atoms with van der Waals surface area (Å²) in [6.45, 7) is 5.09. The largest absolute Gasteiger partial charge is 0.487 e. The molecule has 0 saturated heterocycles. The Morgan fingerprint density at radius 2 is 1.81 bits per heavy atom. The number of anilines is 1.